The van der Waals surface area contributed by atoms with Gasteiger partial charge in [-0.05, 0) is 24.7 Å². The highest BCUT2D eigenvalue weighted by molar-refractivity contribution is 7.85. The van der Waals surface area contributed by atoms with Crippen LogP contribution in [0, 0.1) is 11.8 Å². The van der Waals surface area contributed by atoms with E-state index in [1.54, 1.807) is 0 Å². The van der Waals surface area contributed by atoms with Gasteiger partial charge >= 0.3 is 5.97 Å². The van der Waals surface area contributed by atoms with Crippen molar-refractivity contribution < 1.29 is 22.5 Å². The molecule has 0 spiro atoms. The summed E-state index contributed by atoms with van der Waals surface area (Å²) in [6, 6.07) is 0. The molecule has 0 saturated heterocycles. The van der Waals surface area contributed by atoms with Crippen molar-refractivity contribution in [3.8, 4) is 0 Å². The molecular formula is C14H26O5S. The van der Waals surface area contributed by atoms with Gasteiger partial charge < -0.3 is 4.74 Å². The molecule has 0 amide bonds. The van der Waals surface area contributed by atoms with Gasteiger partial charge in [-0.1, -0.05) is 39.0 Å². The van der Waals surface area contributed by atoms with E-state index in [1.165, 1.54) is 32.1 Å². The predicted octanol–water partition coefficient (Wildman–Crippen LogP) is 2.80. The normalized spacial score (nSPS) is 18.7. The molecule has 0 heterocycles. The first-order valence-corrected chi connectivity index (χ1v) is 9.08. The Hall–Kier alpha value is -0.620. The van der Waals surface area contributed by atoms with Crippen LogP contribution in [0.1, 0.15) is 58.3 Å². The summed E-state index contributed by atoms with van der Waals surface area (Å²) in [6.07, 6.45) is 8.89. The van der Waals surface area contributed by atoms with E-state index in [0.717, 1.165) is 18.8 Å². The van der Waals surface area contributed by atoms with Crippen LogP contribution in [0.3, 0.4) is 0 Å². The fraction of sp³-hybridized carbons (Fsp3) is 0.929. The zero-order valence-corrected chi connectivity index (χ0v) is 13.0. The van der Waals surface area contributed by atoms with E-state index in [1.807, 2.05) is 0 Å². The van der Waals surface area contributed by atoms with E-state index in [2.05, 4.69) is 6.92 Å². The quantitative estimate of drug-likeness (QED) is 0.551. The van der Waals surface area contributed by atoms with Crippen LogP contribution in [0.5, 0.6) is 0 Å². The molecule has 0 aliphatic heterocycles. The molecule has 0 aromatic carbocycles. The minimum absolute atomic E-state index is 0.269. The lowest BCUT2D eigenvalue weighted by Crippen LogP contribution is -2.16. The van der Waals surface area contributed by atoms with E-state index in [-0.39, 0.29) is 12.6 Å². The molecule has 1 aliphatic rings. The summed E-state index contributed by atoms with van der Waals surface area (Å²) < 4.78 is 34.2. The average molecular weight is 306 g/mol. The summed E-state index contributed by atoms with van der Waals surface area (Å²) in [6.45, 7) is 1.88. The van der Waals surface area contributed by atoms with Crippen LogP contribution in [0.4, 0.5) is 0 Å². The van der Waals surface area contributed by atoms with Gasteiger partial charge in [0, 0.05) is 6.42 Å². The van der Waals surface area contributed by atoms with Gasteiger partial charge in [0.2, 0.25) is 0 Å². The monoisotopic (exact) mass is 306 g/mol. The Morgan fingerprint density at radius 3 is 2.55 bits per heavy atom. The van der Waals surface area contributed by atoms with E-state index < -0.39 is 15.9 Å². The van der Waals surface area contributed by atoms with Crippen LogP contribution in [0.15, 0.2) is 0 Å². The Morgan fingerprint density at radius 1 is 1.30 bits per heavy atom. The molecule has 1 aliphatic carbocycles. The third-order valence-corrected chi connectivity index (χ3v) is 4.59. The lowest BCUT2D eigenvalue weighted by molar-refractivity contribution is -0.143. The number of carbonyl (C=O) groups excluding carboxylic acids is 1. The molecule has 0 aromatic heterocycles. The van der Waals surface area contributed by atoms with Crippen molar-refractivity contribution in [2.45, 2.75) is 58.3 Å². The van der Waals surface area contributed by atoms with E-state index in [4.69, 9.17) is 9.29 Å². The molecule has 0 bridgehead atoms. The summed E-state index contributed by atoms with van der Waals surface area (Å²) in [7, 11) is -4.05. The summed E-state index contributed by atoms with van der Waals surface area (Å²) in [5, 5.41) is 0. The Balaban J connectivity index is 2.10. The summed E-state index contributed by atoms with van der Waals surface area (Å²) >= 11 is 0. The predicted molar refractivity (Wildman–Crippen MR) is 77.0 cm³/mol. The van der Waals surface area contributed by atoms with Crippen LogP contribution < -0.4 is 0 Å². The molecule has 20 heavy (non-hydrogen) atoms. The molecule has 0 radical (unpaired) electrons. The number of esters is 1. The lowest BCUT2D eigenvalue weighted by atomic mass is 9.82. The van der Waals surface area contributed by atoms with Gasteiger partial charge in [0.1, 0.15) is 12.4 Å². The number of ether oxygens (including phenoxy) is 1. The molecule has 1 atom stereocenters. The standard InChI is InChI=1S/C14H26O5S/c1-12(11-13-5-3-2-4-6-13)7-8-14(15)19-9-10-20(16,17)18/h12-13H,2-11H2,1H3,(H,16,17,18). The van der Waals surface area contributed by atoms with Gasteiger partial charge in [-0.25, -0.2) is 0 Å². The number of hydrogen-bond acceptors (Lipinski definition) is 4. The Morgan fingerprint density at radius 2 is 1.95 bits per heavy atom. The van der Waals surface area contributed by atoms with Crippen molar-refractivity contribution in [2.75, 3.05) is 12.4 Å². The van der Waals surface area contributed by atoms with Crippen molar-refractivity contribution in [3.63, 3.8) is 0 Å². The molecule has 1 unspecified atom stereocenters. The molecule has 5 nitrogen and oxygen atoms in total. The van der Waals surface area contributed by atoms with Crippen LogP contribution in [0.2, 0.25) is 0 Å². The highest BCUT2D eigenvalue weighted by Gasteiger charge is 2.17. The third kappa shape index (κ3) is 8.53. The molecular weight excluding hydrogens is 280 g/mol. The maximum atomic E-state index is 11.4. The SMILES string of the molecule is CC(CCC(=O)OCCS(=O)(=O)O)CC1CCCCC1. The fourth-order valence-corrected chi connectivity index (χ4v) is 3.10. The largest absolute Gasteiger partial charge is 0.464 e. The molecule has 1 N–H and O–H groups in total. The smallest absolute Gasteiger partial charge is 0.305 e. The minimum Gasteiger partial charge on any atom is -0.464 e. The molecule has 1 fully saturated rings. The maximum absolute atomic E-state index is 11.4. The lowest BCUT2D eigenvalue weighted by Gasteiger charge is -2.24. The van der Waals surface area contributed by atoms with Gasteiger partial charge in [-0.3, -0.25) is 9.35 Å². The third-order valence-electron chi connectivity index (χ3n) is 3.91. The molecule has 0 aromatic rings. The Bertz CT molecular complexity index is 384. The van der Waals surface area contributed by atoms with E-state index >= 15 is 0 Å². The van der Waals surface area contributed by atoms with Crippen molar-refractivity contribution in [3.05, 3.63) is 0 Å². The van der Waals surface area contributed by atoms with E-state index in [0.29, 0.717) is 12.3 Å². The Labute approximate surface area is 121 Å². The molecule has 118 valence electrons. The van der Waals surface area contributed by atoms with Crippen LogP contribution in [0.25, 0.3) is 0 Å². The van der Waals surface area contributed by atoms with Crippen molar-refractivity contribution >= 4 is 16.1 Å². The number of carbonyl (C=O) groups is 1. The summed E-state index contributed by atoms with van der Waals surface area (Å²) in [5.41, 5.74) is 0. The Kier molecular flexibility index (Phi) is 7.51. The second-order valence-electron chi connectivity index (χ2n) is 5.89. The van der Waals surface area contributed by atoms with Crippen LogP contribution >= 0.6 is 0 Å². The highest BCUT2D eigenvalue weighted by atomic mass is 32.2. The van der Waals surface area contributed by atoms with Gasteiger partial charge in [-0.2, -0.15) is 8.42 Å². The molecule has 6 heteroatoms. The van der Waals surface area contributed by atoms with Gasteiger partial charge in [-0.15, -0.1) is 0 Å². The topological polar surface area (TPSA) is 80.7 Å². The second-order valence-corrected chi connectivity index (χ2v) is 7.46. The second kappa shape index (κ2) is 8.62. The number of rotatable bonds is 8. The van der Waals surface area contributed by atoms with Crippen molar-refractivity contribution in [2.24, 2.45) is 11.8 Å². The van der Waals surface area contributed by atoms with E-state index in [9.17, 15) is 13.2 Å². The highest BCUT2D eigenvalue weighted by Crippen LogP contribution is 2.30. The first-order valence-electron chi connectivity index (χ1n) is 7.47. The first kappa shape index (κ1) is 17.4. The maximum Gasteiger partial charge on any atom is 0.305 e. The summed E-state index contributed by atoms with van der Waals surface area (Å²) in [5.74, 6) is 0.377. The van der Waals surface area contributed by atoms with Crippen LogP contribution in [-0.2, 0) is 19.6 Å². The fourth-order valence-electron chi connectivity index (χ4n) is 2.81. The van der Waals surface area contributed by atoms with Crippen molar-refractivity contribution in [1.29, 1.82) is 0 Å². The van der Waals surface area contributed by atoms with Gasteiger partial charge in [0.05, 0.1) is 0 Å². The van der Waals surface area contributed by atoms with Crippen molar-refractivity contribution in [1.82, 2.24) is 0 Å². The minimum atomic E-state index is -4.05. The summed E-state index contributed by atoms with van der Waals surface area (Å²) in [4.78, 5) is 11.4. The zero-order valence-electron chi connectivity index (χ0n) is 12.2. The number of hydrogen-bond donors (Lipinski definition) is 1. The van der Waals surface area contributed by atoms with Gasteiger partial charge in [0.25, 0.3) is 10.1 Å². The average Bonchev–Trinajstić information content (AvgIpc) is 2.36. The zero-order chi connectivity index (χ0) is 15.0. The molecule has 1 rings (SSSR count). The van der Waals surface area contributed by atoms with Crippen LogP contribution in [-0.4, -0.2) is 31.3 Å². The van der Waals surface area contributed by atoms with Gasteiger partial charge in [0.15, 0.2) is 0 Å². The molecule has 1 saturated carbocycles. The first-order chi connectivity index (χ1) is 9.37.